The van der Waals surface area contributed by atoms with Crippen LogP contribution in [0.25, 0.3) is 0 Å². The minimum absolute atomic E-state index is 0.133. The molecule has 0 aliphatic heterocycles. The molecule has 0 bridgehead atoms. The standard InChI is InChI=1S/C20H23N5O2S/c1-13-5-4-6-16(8-13)22-19(26)12-28-20-24-23-18(25(20)21)11-27-17-9-14(2)7-15(3)10-17/h4-10H,11-12,21H2,1-3H3,(H,22,26). The number of carbonyl (C=O) groups excluding carboxylic acids is 1. The van der Waals surface area contributed by atoms with Crippen LogP contribution in [0.15, 0.2) is 47.6 Å². The summed E-state index contributed by atoms with van der Waals surface area (Å²) < 4.78 is 7.13. The summed E-state index contributed by atoms with van der Waals surface area (Å²) in [5, 5.41) is 11.4. The highest BCUT2D eigenvalue weighted by Gasteiger charge is 2.13. The number of hydrogen-bond donors (Lipinski definition) is 2. The smallest absolute Gasteiger partial charge is 0.234 e. The highest BCUT2D eigenvalue weighted by molar-refractivity contribution is 7.99. The summed E-state index contributed by atoms with van der Waals surface area (Å²) in [4.78, 5) is 12.1. The minimum atomic E-state index is -0.133. The summed E-state index contributed by atoms with van der Waals surface area (Å²) in [5.74, 6) is 7.34. The molecule has 3 aromatic rings. The molecular weight excluding hydrogens is 374 g/mol. The van der Waals surface area contributed by atoms with Crippen LogP contribution in [-0.2, 0) is 11.4 Å². The average molecular weight is 398 g/mol. The van der Waals surface area contributed by atoms with Crippen molar-refractivity contribution in [3.63, 3.8) is 0 Å². The second kappa shape index (κ2) is 8.79. The van der Waals surface area contributed by atoms with E-state index in [-0.39, 0.29) is 18.3 Å². The van der Waals surface area contributed by atoms with E-state index in [1.54, 1.807) is 0 Å². The zero-order valence-electron chi connectivity index (χ0n) is 16.1. The fourth-order valence-corrected chi connectivity index (χ4v) is 3.39. The van der Waals surface area contributed by atoms with Gasteiger partial charge in [0.2, 0.25) is 11.1 Å². The fraction of sp³-hybridized carbons (Fsp3) is 0.250. The van der Waals surface area contributed by atoms with Crippen molar-refractivity contribution in [2.75, 3.05) is 16.9 Å². The maximum atomic E-state index is 12.1. The Labute approximate surface area is 168 Å². The van der Waals surface area contributed by atoms with Gasteiger partial charge in [0, 0.05) is 5.69 Å². The normalized spacial score (nSPS) is 10.7. The molecule has 0 atom stereocenters. The van der Waals surface area contributed by atoms with Crippen molar-refractivity contribution in [1.82, 2.24) is 14.9 Å². The van der Waals surface area contributed by atoms with Crippen molar-refractivity contribution >= 4 is 23.4 Å². The van der Waals surface area contributed by atoms with Crippen LogP contribution in [0.5, 0.6) is 5.75 Å². The largest absolute Gasteiger partial charge is 0.486 e. The molecule has 0 saturated heterocycles. The van der Waals surface area contributed by atoms with E-state index in [4.69, 9.17) is 10.6 Å². The number of aryl methyl sites for hydroxylation is 3. The number of nitrogens with two attached hydrogens (primary N) is 1. The zero-order valence-corrected chi connectivity index (χ0v) is 16.9. The Morgan fingerprint density at radius 1 is 1.11 bits per heavy atom. The first-order valence-electron chi connectivity index (χ1n) is 8.80. The second-order valence-corrected chi connectivity index (χ2v) is 7.53. The van der Waals surface area contributed by atoms with Gasteiger partial charge in [0.25, 0.3) is 0 Å². The SMILES string of the molecule is Cc1cccc(NC(=O)CSc2nnc(COc3cc(C)cc(C)c3)n2N)c1. The lowest BCUT2D eigenvalue weighted by atomic mass is 10.1. The molecule has 3 rings (SSSR count). The zero-order chi connectivity index (χ0) is 20.1. The number of carbonyl (C=O) groups is 1. The van der Waals surface area contributed by atoms with Crippen LogP contribution in [0, 0.1) is 20.8 Å². The molecule has 8 heteroatoms. The Kier molecular flexibility index (Phi) is 6.20. The number of benzene rings is 2. The molecule has 3 N–H and O–H groups in total. The number of thioether (sulfide) groups is 1. The Bertz CT molecular complexity index is 966. The molecule has 1 amide bonds. The molecule has 0 radical (unpaired) electrons. The summed E-state index contributed by atoms with van der Waals surface area (Å²) in [6.45, 7) is 6.20. The number of hydrogen-bond acceptors (Lipinski definition) is 6. The van der Waals surface area contributed by atoms with Crippen molar-refractivity contribution in [2.24, 2.45) is 0 Å². The number of amides is 1. The van der Waals surface area contributed by atoms with Gasteiger partial charge in [-0.05, 0) is 61.7 Å². The Morgan fingerprint density at radius 3 is 2.57 bits per heavy atom. The molecule has 28 heavy (non-hydrogen) atoms. The van der Waals surface area contributed by atoms with E-state index in [0.717, 1.165) is 28.1 Å². The topological polar surface area (TPSA) is 95.1 Å². The van der Waals surface area contributed by atoms with Gasteiger partial charge in [0.15, 0.2) is 5.82 Å². The first-order valence-corrected chi connectivity index (χ1v) is 9.79. The molecule has 2 aromatic carbocycles. The van der Waals surface area contributed by atoms with Gasteiger partial charge in [-0.1, -0.05) is 30.0 Å². The van der Waals surface area contributed by atoms with Gasteiger partial charge >= 0.3 is 0 Å². The van der Waals surface area contributed by atoms with Crippen molar-refractivity contribution in [3.8, 4) is 5.75 Å². The third kappa shape index (κ3) is 5.26. The van der Waals surface area contributed by atoms with Crippen LogP contribution in [0.4, 0.5) is 5.69 Å². The Morgan fingerprint density at radius 2 is 1.86 bits per heavy atom. The van der Waals surface area contributed by atoms with E-state index >= 15 is 0 Å². The average Bonchev–Trinajstić information content (AvgIpc) is 2.97. The molecule has 0 fully saturated rings. The molecule has 0 saturated carbocycles. The maximum absolute atomic E-state index is 12.1. The van der Waals surface area contributed by atoms with Gasteiger partial charge in [-0.15, -0.1) is 10.2 Å². The van der Waals surface area contributed by atoms with Gasteiger partial charge < -0.3 is 15.9 Å². The van der Waals surface area contributed by atoms with E-state index in [2.05, 4.69) is 21.6 Å². The second-order valence-electron chi connectivity index (χ2n) is 6.59. The van der Waals surface area contributed by atoms with E-state index < -0.39 is 0 Å². The van der Waals surface area contributed by atoms with E-state index in [0.29, 0.717) is 11.0 Å². The van der Waals surface area contributed by atoms with Crippen molar-refractivity contribution in [2.45, 2.75) is 32.5 Å². The third-order valence-electron chi connectivity index (χ3n) is 3.93. The number of nitrogens with zero attached hydrogens (tertiary/aromatic N) is 3. The predicted molar refractivity (Wildman–Crippen MR) is 111 cm³/mol. The molecule has 0 aliphatic carbocycles. The minimum Gasteiger partial charge on any atom is -0.486 e. The lowest BCUT2D eigenvalue weighted by molar-refractivity contribution is -0.113. The highest BCUT2D eigenvalue weighted by atomic mass is 32.2. The summed E-state index contributed by atoms with van der Waals surface area (Å²) in [7, 11) is 0. The quantitative estimate of drug-likeness (QED) is 0.469. The van der Waals surface area contributed by atoms with E-state index in [1.165, 1.54) is 16.4 Å². The lowest BCUT2D eigenvalue weighted by Crippen LogP contribution is -2.18. The summed E-state index contributed by atoms with van der Waals surface area (Å²) in [6, 6.07) is 13.6. The Balaban J connectivity index is 1.54. The highest BCUT2D eigenvalue weighted by Crippen LogP contribution is 2.19. The van der Waals surface area contributed by atoms with Crippen LogP contribution in [0.3, 0.4) is 0 Å². The molecule has 0 spiro atoms. The molecule has 7 nitrogen and oxygen atoms in total. The summed E-state index contributed by atoms with van der Waals surface area (Å²) >= 11 is 1.22. The molecular formula is C20H23N5O2S. The van der Waals surface area contributed by atoms with Gasteiger partial charge in [0.1, 0.15) is 12.4 Å². The van der Waals surface area contributed by atoms with Crippen LogP contribution in [-0.4, -0.2) is 26.5 Å². The number of nitrogens with one attached hydrogen (secondary N) is 1. The lowest BCUT2D eigenvalue weighted by Gasteiger charge is -2.08. The fourth-order valence-electron chi connectivity index (χ4n) is 2.72. The van der Waals surface area contributed by atoms with Gasteiger partial charge in [-0.25, -0.2) is 4.68 Å². The van der Waals surface area contributed by atoms with Crippen LogP contribution in [0.1, 0.15) is 22.5 Å². The van der Waals surface area contributed by atoms with Crippen LogP contribution in [0.2, 0.25) is 0 Å². The van der Waals surface area contributed by atoms with Gasteiger partial charge in [-0.2, -0.15) is 0 Å². The number of aromatic nitrogens is 3. The molecule has 146 valence electrons. The van der Waals surface area contributed by atoms with Crippen LogP contribution >= 0.6 is 11.8 Å². The number of nitrogen functional groups attached to an aromatic ring is 1. The molecule has 1 heterocycles. The molecule has 0 aliphatic rings. The summed E-state index contributed by atoms with van der Waals surface area (Å²) in [5.41, 5.74) is 4.10. The van der Waals surface area contributed by atoms with E-state index in [1.807, 2.05) is 57.2 Å². The first-order chi connectivity index (χ1) is 13.4. The maximum Gasteiger partial charge on any atom is 0.234 e. The predicted octanol–water partition coefficient (Wildman–Crippen LogP) is 3.23. The number of ether oxygens (including phenoxy) is 1. The monoisotopic (exact) mass is 397 g/mol. The van der Waals surface area contributed by atoms with E-state index in [9.17, 15) is 4.79 Å². The third-order valence-corrected chi connectivity index (χ3v) is 4.88. The molecule has 1 aromatic heterocycles. The molecule has 0 unspecified atom stereocenters. The van der Waals surface area contributed by atoms with Gasteiger partial charge in [0.05, 0.1) is 5.75 Å². The van der Waals surface area contributed by atoms with Crippen molar-refractivity contribution < 1.29 is 9.53 Å². The number of rotatable bonds is 7. The van der Waals surface area contributed by atoms with Gasteiger partial charge in [-0.3, -0.25) is 4.79 Å². The van der Waals surface area contributed by atoms with Crippen LogP contribution < -0.4 is 15.9 Å². The number of anilines is 1. The van der Waals surface area contributed by atoms with Crippen molar-refractivity contribution in [3.05, 3.63) is 65.0 Å². The van der Waals surface area contributed by atoms with Crippen molar-refractivity contribution in [1.29, 1.82) is 0 Å². The summed E-state index contributed by atoms with van der Waals surface area (Å²) in [6.07, 6.45) is 0. The Hall–Kier alpha value is -3.00. The first kappa shape index (κ1) is 19.8.